The van der Waals surface area contributed by atoms with Crippen LogP contribution in [0.1, 0.15) is 26.5 Å². The molecule has 0 radical (unpaired) electrons. The van der Waals surface area contributed by atoms with Crippen LogP contribution >= 0.6 is 0 Å². The van der Waals surface area contributed by atoms with Crippen LogP contribution in [0.3, 0.4) is 0 Å². The molecule has 0 bridgehead atoms. The summed E-state index contributed by atoms with van der Waals surface area (Å²) in [4.78, 5) is 10.8. The number of anilines is 1. The van der Waals surface area contributed by atoms with Gasteiger partial charge in [-0.3, -0.25) is 0 Å². The van der Waals surface area contributed by atoms with E-state index < -0.39 is 0 Å². The number of hydrogen-bond acceptors (Lipinski definition) is 4. The average molecular weight is 208 g/mol. The predicted octanol–water partition coefficient (Wildman–Crippen LogP) is 1.42. The second-order valence-electron chi connectivity index (χ2n) is 3.98. The highest BCUT2D eigenvalue weighted by Gasteiger charge is 2.09. The van der Waals surface area contributed by atoms with Crippen LogP contribution in [0.4, 0.5) is 5.95 Å². The van der Waals surface area contributed by atoms with Gasteiger partial charge in [-0.1, -0.05) is 13.8 Å². The van der Waals surface area contributed by atoms with Gasteiger partial charge in [0.25, 0.3) is 0 Å². The van der Waals surface area contributed by atoms with Gasteiger partial charge < -0.3 is 10.6 Å². The highest BCUT2D eigenvalue weighted by Crippen LogP contribution is 2.09. The van der Waals surface area contributed by atoms with E-state index in [9.17, 15) is 0 Å². The zero-order chi connectivity index (χ0) is 11.3. The van der Waals surface area contributed by atoms with Crippen LogP contribution in [0.2, 0.25) is 0 Å². The zero-order valence-corrected chi connectivity index (χ0v) is 9.77. The van der Waals surface area contributed by atoms with Crippen molar-refractivity contribution in [2.24, 2.45) is 11.7 Å². The molecule has 1 aromatic rings. The van der Waals surface area contributed by atoms with Gasteiger partial charge in [0.15, 0.2) is 0 Å². The third-order valence-corrected chi connectivity index (χ3v) is 2.16. The summed E-state index contributed by atoms with van der Waals surface area (Å²) in [5.74, 6) is 1.39. The Bertz CT molecular complexity index is 298. The van der Waals surface area contributed by atoms with Gasteiger partial charge in [0.05, 0.1) is 5.69 Å². The summed E-state index contributed by atoms with van der Waals surface area (Å²) in [5.41, 5.74) is 6.44. The molecule has 0 saturated carbocycles. The van der Waals surface area contributed by atoms with Crippen LogP contribution in [0.25, 0.3) is 0 Å². The summed E-state index contributed by atoms with van der Waals surface area (Å²) in [6.07, 6.45) is 1.77. The molecule has 0 aromatic carbocycles. The molecule has 1 aromatic heterocycles. The van der Waals surface area contributed by atoms with Crippen molar-refractivity contribution < 1.29 is 0 Å². The fourth-order valence-corrected chi connectivity index (χ4v) is 1.44. The summed E-state index contributed by atoms with van der Waals surface area (Å²) < 4.78 is 0. The summed E-state index contributed by atoms with van der Waals surface area (Å²) in [6, 6.07) is 1.85. The normalized spacial score (nSPS) is 10.7. The van der Waals surface area contributed by atoms with E-state index in [-0.39, 0.29) is 0 Å². The molecule has 0 amide bonds. The van der Waals surface area contributed by atoms with Crippen LogP contribution in [0.5, 0.6) is 0 Å². The van der Waals surface area contributed by atoms with Gasteiger partial charge in [-0.2, -0.15) is 0 Å². The van der Waals surface area contributed by atoms with Crippen LogP contribution in [0.15, 0.2) is 12.3 Å². The lowest BCUT2D eigenvalue weighted by Gasteiger charge is -2.22. The lowest BCUT2D eigenvalue weighted by molar-refractivity contribution is 0.608. The second kappa shape index (κ2) is 5.66. The second-order valence-corrected chi connectivity index (χ2v) is 3.98. The first-order valence-corrected chi connectivity index (χ1v) is 5.44. The first-order chi connectivity index (χ1) is 7.17. The summed E-state index contributed by atoms with van der Waals surface area (Å²) in [6.45, 7) is 8.86. The van der Waals surface area contributed by atoms with Gasteiger partial charge >= 0.3 is 0 Å². The van der Waals surface area contributed by atoms with Crippen molar-refractivity contribution in [3.8, 4) is 0 Å². The van der Waals surface area contributed by atoms with Crippen LogP contribution in [0, 0.1) is 5.92 Å². The van der Waals surface area contributed by atoms with E-state index in [0.29, 0.717) is 12.5 Å². The first-order valence-electron chi connectivity index (χ1n) is 5.44. The minimum atomic E-state index is 0.467. The fourth-order valence-electron chi connectivity index (χ4n) is 1.44. The Balaban J connectivity index is 2.81. The molecule has 1 heterocycles. The standard InChI is InChI=1S/C11H20N4/c1-4-15(8-9(2)3)11-13-6-5-10(7-12)14-11/h5-6,9H,4,7-8,12H2,1-3H3. The largest absolute Gasteiger partial charge is 0.341 e. The highest BCUT2D eigenvalue weighted by atomic mass is 15.2. The molecule has 0 saturated heterocycles. The molecule has 0 aliphatic rings. The van der Waals surface area contributed by atoms with E-state index in [1.54, 1.807) is 6.20 Å². The van der Waals surface area contributed by atoms with Crippen LogP contribution < -0.4 is 10.6 Å². The van der Waals surface area contributed by atoms with E-state index >= 15 is 0 Å². The maximum Gasteiger partial charge on any atom is 0.225 e. The molecule has 4 heteroatoms. The van der Waals surface area contributed by atoms with Crippen molar-refractivity contribution in [3.63, 3.8) is 0 Å². The number of nitrogens with zero attached hydrogens (tertiary/aromatic N) is 3. The van der Waals surface area contributed by atoms with Crippen LogP contribution in [-0.4, -0.2) is 23.1 Å². The molecule has 0 aliphatic carbocycles. The zero-order valence-electron chi connectivity index (χ0n) is 9.77. The SMILES string of the molecule is CCN(CC(C)C)c1nccc(CN)n1. The molecule has 1 rings (SSSR count). The van der Waals surface area contributed by atoms with Gasteiger partial charge in [-0.05, 0) is 18.9 Å². The smallest absolute Gasteiger partial charge is 0.225 e. The van der Waals surface area contributed by atoms with Crippen molar-refractivity contribution in [2.45, 2.75) is 27.3 Å². The minimum Gasteiger partial charge on any atom is -0.341 e. The molecule has 15 heavy (non-hydrogen) atoms. The van der Waals surface area contributed by atoms with Gasteiger partial charge in [0, 0.05) is 25.8 Å². The van der Waals surface area contributed by atoms with Crippen molar-refractivity contribution in [2.75, 3.05) is 18.0 Å². The molecule has 0 spiro atoms. The Kier molecular flexibility index (Phi) is 4.49. The van der Waals surface area contributed by atoms with Gasteiger partial charge in [-0.15, -0.1) is 0 Å². The lowest BCUT2D eigenvalue weighted by Crippen LogP contribution is -2.29. The predicted molar refractivity (Wildman–Crippen MR) is 62.6 cm³/mol. The monoisotopic (exact) mass is 208 g/mol. The topological polar surface area (TPSA) is 55.0 Å². The quantitative estimate of drug-likeness (QED) is 0.795. The molecule has 0 unspecified atom stereocenters. The van der Waals surface area contributed by atoms with E-state index in [1.165, 1.54) is 0 Å². The molecule has 84 valence electrons. The van der Waals surface area contributed by atoms with Gasteiger partial charge in [-0.25, -0.2) is 9.97 Å². The van der Waals surface area contributed by atoms with Crippen molar-refractivity contribution >= 4 is 5.95 Å². The number of nitrogens with two attached hydrogens (primary N) is 1. The maximum absolute atomic E-state index is 5.55. The maximum atomic E-state index is 5.55. The summed E-state index contributed by atoms with van der Waals surface area (Å²) >= 11 is 0. The summed E-state index contributed by atoms with van der Waals surface area (Å²) in [7, 11) is 0. The average Bonchev–Trinajstić information content (AvgIpc) is 2.25. The van der Waals surface area contributed by atoms with Gasteiger partial charge in [0.2, 0.25) is 5.95 Å². The first kappa shape index (κ1) is 11.9. The van der Waals surface area contributed by atoms with E-state index in [2.05, 4.69) is 35.6 Å². The number of hydrogen-bond donors (Lipinski definition) is 1. The van der Waals surface area contributed by atoms with Crippen LogP contribution in [-0.2, 0) is 6.54 Å². The lowest BCUT2D eigenvalue weighted by atomic mass is 10.2. The molecular weight excluding hydrogens is 188 g/mol. The van der Waals surface area contributed by atoms with E-state index in [1.807, 2.05) is 6.07 Å². The number of aromatic nitrogens is 2. The molecule has 4 nitrogen and oxygen atoms in total. The van der Waals surface area contributed by atoms with E-state index in [4.69, 9.17) is 5.73 Å². The summed E-state index contributed by atoms with van der Waals surface area (Å²) in [5, 5.41) is 0. The van der Waals surface area contributed by atoms with Gasteiger partial charge in [0.1, 0.15) is 0 Å². The minimum absolute atomic E-state index is 0.467. The highest BCUT2D eigenvalue weighted by molar-refractivity contribution is 5.29. The molecule has 0 aliphatic heterocycles. The van der Waals surface area contributed by atoms with Crippen molar-refractivity contribution in [1.29, 1.82) is 0 Å². The Labute approximate surface area is 91.5 Å². The molecule has 0 atom stereocenters. The molecular formula is C11H20N4. The Morgan fingerprint density at radius 3 is 2.73 bits per heavy atom. The third-order valence-electron chi connectivity index (χ3n) is 2.16. The van der Waals surface area contributed by atoms with E-state index in [0.717, 1.165) is 24.7 Å². The number of rotatable bonds is 5. The fraction of sp³-hybridized carbons (Fsp3) is 0.636. The third kappa shape index (κ3) is 3.47. The van der Waals surface area contributed by atoms with Crippen molar-refractivity contribution in [1.82, 2.24) is 9.97 Å². The van der Waals surface area contributed by atoms with Crippen molar-refractivity contribution in [3.05, 3.63) is 18.0 Å². The molecule has 0 fully saturated rings. The Morgan fingerprint density at radius 2 is 2.20 bits per heavy atom. The molecule has 2 N–H and O–H groups in total. The Morgan fingerprint density at radius 1 is 1.47 bits per heavy atom. The Hall–Kier alpha value is -1.16.